The lowest BCUT2D eigenvalue weighted by Crippen LogP contribution is -2.39. The molecule has 2 rings (SSSR count). The van der Waals surface area contributed by atoms with Crippen molar-refractivity contribution in [2.45, 2.75) is 18.4 Å². The zero-order chi connectivity index (χ0) is 17.4. The van der Waals surface area contributed by atoms with Gasteiger partial charge in [-0.3, -0.25) is 0 Å². The summed E-state index contributed by atoms with van der Waals surface area (Å²) >= 11 is 4.94. The average molecular weight is 430 g/mol. The Kier molecular flexibility index (Phi) is 7.26. The van der Waals surface area contributed by atoms with Crippen LogP contribution in [0.5, 0.6) is 0 Å². The summed E-state index contributed by atoms with van der Waals surface area (Å²) in [4.78, 5) is 4.79. The van der Waals surface area contributed by atoms with Gasteiger partial charge in [-0.05, 0) is 53.6 Å². The predicted octanol–water partition coefficient (Wildman–Crippen LogP) is 3.04. The highest BCUT2D eigenvalue weighted by Crippen LogP contribution is 2.15. The minimum atomic E-state index is -3.31. The van der Waals surface area contributed by atoms with Crippen LogP contribution in [0.1, 0.15) is 12.5 Å². The monoisotopic (exact) mass is 429 g/mol. The Hall–Kier alpha value is -1.38. The fraction of sp³-hybridized carbons (Fsp3) is 0.312. The van der Waals surface area contributed by atoms with Crippen molar-refractivity contribution in [1.82, 2.24) is 10.6 Å². The van der Waals surface area contributed by atoms with E-state index in [1.165, 1.54) is 0 Å². The minimum Gasteiger partial charge on any atom is -0.357 e. The second kappa shape index (κ2) is 9.19. The summed E-state index contributed by atoms with van der Waals surface area (Å²) < 4.78 is 25.5. The van der Waals surface area contributed by atoms with Crippen molar-refractivity contribution in [3.05, 3.63) is 51.1 Å². The molecule has 0 saturated heterocycles. The van der Waals surface area contributed by atoms with Crippen molar-refractivity contribution < 1.29 is 8.42 Å². The molecule has 1 aromatic heterocycles. The third-order valence-electron chi connectivity index (χ3n) is 3.18. The maximum Gasteiger partial charge on any atom is 0.191 e. The van der Waals surface area contributed by atoms with Gasteiger partial charge in [0.05, 0.1) is 17.2 Å². The second-order valence-corrected chi connectivity index (χ2v) is 8.83. The molecule has 130 valence electrons. The molecule has 0 fully saturated rings. The van der Waals surface area contributed by atoms with Gasteiger partial charge in [0.2, 0.25) is 0 Å². The van der Waals surface area contributed by atoms with Crippen molar-refractivity contribution >= 4 is 43.1 Å². The van der Waals surface area contributed by atoms with Gasteiger partial charge in [-0.1, -0.05) is 15.9 Å². The predicted molar refractivity (Wildman–Crippen MR) is 103 cm³/mol. The Balaban J connectivity index is 1.91. The maximum atomic E-state index is 12.3. The van der Waals surface area contributed by atoms with Crippen molar-refractivity contribution in [2.24, 2.45) is 4.99 Å². The van der Waals surface area contributed by atoms with E-state index in [0.29, 0.717) is 23.9 Å². The fourth-order valence-electron chi connectivity index (χ4n) is 1.96. The Bertz CT molecular complexity index is 757. The topological polar surface area (TPSA) is 70.6 Å². The van der Waals surface area contributed by atoms with Crippen LogP contribution in [-0.4, -0.2) is 33.2 Å². The van der Waals surface area contributed by atoms with E-state index in [2.05, 4.69) is 31.6 Å². The number of thiophene rings is 1. The summed E-state index contributed by atoms with van der Waals surface area (Å²) in [6.07, 6.45) is 0. The number of nitrogens with one attached hydrogen (secondary N) is 2. The van der Waals surface area contributed by atoms with Gasteiger partial charge in [0, 0.05) is 17.6 Å². The summed E-state index contributed by atoms with van der Waals surface area (Å²) in [6, 6.07) is 8.69. The zero-order valence-corrected chi connectivity index (χ0v) is 16.5. The van der Waals surface area contributed by atoms with Crippen molar-refractivity contribution in [1.29, 1.82) is 0 Å². The molecule has 0 amide bonds. The van der Waals surface area contributed by atoms with Crippen LogP contribution >= 0.6 is 27.3 Å². The van der Waals surface area contributed by atoms with Crippen LogP contribution in [0.15, 0.2) is 55.5 Å². The van der Waals surface area contributed by atoms with Crippen molar-refractivity contribution in [2.75, 3.05) is 18.8 Å². The number of sulfone groups is 1. The molecule has 0 unspecified atom stereocenters. The normalized spacial score (nSPS) is 12.2. The van der Waals surface area contributed by atoms with Crippen LogP contribution < -0.4 is 10.6 Å². The standard InChI is InChI=1S/C16H20BrN3O2S2/c1-2-18-16(20-11-13-7-9-23-12-13)19-8-10-24(21,22)15-5-3-14(17)4-6-15/h3-7,9,12H,2,8,10-11H2,1H3,(H2,18,19,20). The van der Waals surface area contributed by atoms with E-state index in [9.17, 15) is 8.42 Å². The number of guanidine groups is 1. The maximum absolute atomic E-state index is 12.3. The SMILES string of the molecule is CCNC(=NCc1ccsc1)NCCS(=O)(=O)c1ccc(Br)cc1. The van der Waals surface area contributed by atoms with Gasteiger partial charge in [-0.2, -0.15) is 11.3 Å². The molecular formula is C16H20BrN3O2S2. The lowest BCUT2D eigenvalue weighted by molar-refractivity contribution is 0.594. The quantitative estimate of drug-likeness (QED) is 0.523. The lowest BCUT2D eigenvalue weighted by Gasteiger charge is -2.11. The highest BCUT2D eigenvalue weighted by Gasteiger charge is 2.14. The van der Waals surface area contributed by atoms with E-state index >= 15 is 0 Å². The van der Waals surface area contributed by atoms with Gasteiger partial charge in [0.25, 0.3) is 0 Å². The summed E-state index contributed by atoms with van der Waals surface area (Å²) in [5, 5.41) is 10.3. The second-order valence-electron chi connectivity index (χ2n) is 5.03. The molecule has 0 saturated carbocycles. The third kappa shape index (κ3) is 5.92. The molecule has 2 aromatic rings. The number of hydrogen-bond acceptors (Lipinski definition) is 4. The van der Waals surface area contributed by atoms with Crippen LogP contribution in [-0.2, 0) is 16.4 Å². The van der Waals surface area contributed by atoms with E-state index in [1.54, 1.807) is 35.6 Å². The van der Waals surface area contributed by atoms with Crippen molar-refractivity contribution in [3.8, 4) is 0 Å². The van der Waals surface area contributed by atoms with Crippen LogP contribution in [0.2, 0.25) is 0 Å². The molecule has 0 radical (unpaired) electrons. The molecule has 0 atom stereocenters. The highest BCUT2D eigenvalue weighted by molar-refractivity contribution is 9.10. The largest absolute Gasteiger partial charge is 0.357 e. The number of benzene rings is 1. The first-order valence-electron chi connectivity index (χ1n) is 7.53. The number of hydrogen-bond donors (Lipinski definition) is 2. The van der Waals surface area contributed by atoms with Gasteiger partial charge >= 0.3 is 0 Å². The van der Waals surface area contributed by atoms with Gasteiger partial charge in [-0.15, -0.1) is 0 Å². The van der Waals surface area contributed by atoms with Gasteiger partial charge < -0.3 is 10.6 Å². The van der Waals surface area contributed by atoms with E-state index in [1.807, 2.05) is 23.8 Å². The van der Waals surface area contributed by atoms with Crippen LogP contribution in [0.4, 0.5) is 0 Å². The third-order valence-corrected chi connectivity index (χ3v) is 6.17. The molecule has 0 aliphatic heterocycles. The Morgan fingerprint density at radius 2 is 1.96 bits per heavy atom. The molecule has 0 aliphatic rings. The van der Waals surface area contributed by atoms with Crippen LogP contribution in [0.3, 0.4) is 0 Å². The highest BCUT2D eigenvalue weighted by atomic mass is 79.9. The van der Waals surface area contributed by atoms with Gasteiger partial charge in [0.15, 0.2) is 15.8 Å². The smallest absolute Gasteiger partial charge is 0.191 e. The lowest BCUT2D eigenvalue weighted by atomic mass is 10.3. The zero-order valence-electron chi connectivity index (χ0n) is 13.3. The molecule has 1 heterocycles. The number of aliphatic imine (C=N–C) groups is 1. The average Bonchev–Trinajstić information content (AvgIpc) is 3.06. The number of halogens is 1. The molecule has 2 N–H and O–H groups in total. The summed E-state index contributed by atoms with van der Waals surface area (Å²) in [7, 11) is -3.31. The number of nitrogens with zero attached hydrogens (tertiary/aromatic N) is 1. The Morgan fingerprint density at radius 3 is 2.58 bits per heavy atom. The molecule has 0 bridgehead atoms. The molecule has 5 nitrogen and oxygen atoms in total. The molecular weight excluding hydrogens is 410 g/mol. The first kappa shape index (κ1) is 19.0. The molecule has 24 heavy (non-hydrogen) atoms. The molecule has 1 aromatic carbocycles. The van der Waals surface area contributed by atoms with Gasteiger partial charge in [-0.25, -0.2) is 13.4 Å². The van der Waals surface area contributed by atoms with E-state index in [-0.39, 0.29) is 5.75 Å². The van der Waals surface area contributed by atoms with E-state index in [4.69, 9.17) is 0 Å². The molecule has 0 spiro atoms. The summed E-state index contributed by atoms with van der Waals surface area (Å²) in [5.74, 6) is 0.632. The van der Waals surface area contributed by atoms with Crippen LogP contribution in [0, 0.1) is 0 Å². The first-order chi connectivity index (χ1) is 11.5. The molecule has 8 heteroatoms. The first-order valence-corrected chi connectivity index (χ1v) is 10.9. The van der Waals surface area contributed by atoms with Gasteiger partial charge in [0.1, 0.15) is 0 Å². The summed E-state index contributed by atoms with van der Waals surface area (Å²) in [6.45, 7) is 3.56. The minimum absolute atomic E-state index is 0.0114. The Morgan fingerprint density at radius 1 is 1.21 bits per heavy atom. The fourth-order valence-corrected chi connectivity index (χ4v) is 4.04. The summed E-state index contributed by atoms with van der Waals surface area (Å²) in [5.41, 5.74) is 1.14. The van der Waals surface area contributed by atoms with E-state index < -0.39 is 9.84 Å². The number of rotatable bonds is 7. The molecule has 0 aliphatic carbocycles. The Labute approximate surface area is 155 Å². The van der Waals surface area contributed by atoms with Crippen molar-refractivity contribution in [3.63, 3.8) is 0 Å². The van der Waals surface area contributed by atoms with Crippen LogP contribution in [0.25, 0.3) is 0 Å². The van der Waals surface area contributed by atoms with E-state index in [0.717, 1.165) is 16.6 Å².